The molecular formula is C35H57NO4. The van der Waals surface area contributed by atoms with E-state index < -0.39 is 11.3 Å². The molecule has 5 fully saturated rings. The van der Waals surface area contributed by atoms with Crippen molar-refractivity contribution in [2.24, 2.45) is 62.1 Å². The number of amides is 1. The van der Waals surface area contributed by atoms with Crippen molar-refractivity contribution in [3.05, 3.63) is 0 Å². The lowest BCUT2D eigenvalue weighted by molar-refractivity contribution is -0.246. The first-order chi connectivity index (χ1) is 18.5. The molecule has 40 heavy (non-hydrogen) atoms. The van der Waals surface area contributed by atoms with E-state index in [1.807, 2.05) is 0 Å². The van der Waals surface area contributed by atoms with Crippen molar-refractivity contribution in [2.75, 3.05) is 13.7 Å². The van der Waals surface area contributed by atoms with Crippen molar-refractivity contribution >= 4 is 17.7 Å². The number of ether oxygens (including phenoxy) is 1. The standard InChI is InChI=1S/C35H57NO4/c1-10-19-36-28(38)22-20-32(6)25(31(4,5)27(22)37)13-14-34(8)26(32)12-11-23-24-21-30(2,3)15-17-35(24,29(39)40-9)18-16-33(23,34)7/h22-26H,10-21H2,1-9H3,(H,36,38)/t22?,23?,24?,25?,26?,32-,33+,34+,35-/m0/s1. The molecule has 5 heteroatoms. The molecule has 0 aromatic carbocycles. The monoisotopic (exact) mass is 555 g/mol. The van der Waals surface area contributed by atoms with Gasteiger partial charge < -0.3 is 10.1 Å². The molecule has 5 saturated carbocycles. The smallest absolute Gasteiger partial charge is 0.312 e. The molecule has 5 unspecified atom stereocenters. The number of Topliss-reactive ketones (excluding diaryl/α,β-unsaturated/α-hetero) is 1. The highest BCUT2D eigenvalue weighted by atomic mass is 16.5. The summed E-state index contributed by atoms with van der Waals surface area (Å²) in [5, 5.41) is 3.07. The minimum absolute atomic E-state index is 0.0338. The Kier molecular flexibility index (Phi) is 7.19. The van der Waals surface area contributed by atoms with Gasteiger partial charge in [0.05, 0.1) is 18.4 Å². The largest absolute Gasteiger partial charge is 0.469 e. The number of nitrogens with one attached hydrogen (secondary N) is 1. The van der Waals surface area contributed by atoms with Crippen LogP contribution in [0, 0.1) is 62.1 Å². The molecule has 5 aliphatic carbocycles. The second kappa shape index (κ2) is 9.56. The number of carbonyl (C=O) groups excluding carboxylic acids is 3. The fourth-order valence-electron chi connectivity index (χ4n) is 12.2. The van der Waals surface area contributed by atoms with Gasteiger partial charge >= 0.3 is 5.97 Å². The predicted octanol–water partition coefficient (Wildman–Crippen LogP) is 7.36. The lowest BCUT2D eigenvalue weighted by Gasteiger charge is -2.73. The summed E-state index contributed by atoms with van der Waals surface area (Å²) in [6.45, 7) is 19.3. The topological polar surface area (TPSA) is 72.5 Å². The Labute approximate surface area is 243 Å². The van der Waals surface area contributed by atoms with Crippen LogP contribution in [0.4, 0.5) is 0 Å². The average Bonchev–Trinajstić information content (AvgIpc) is 2.89. The zero-order valence-corrected chi connectivity index (χ0v) is 27.0. The SMILES string of the molecule is CCCNC(=O)C1C[C@@]2(C)C(CC[C@]3(C)C2CCC2C4CC(C)(C)CC[C@]4(C(=O)OC)CC[C@]23C)C(C)(C)C1=O. The second-order valence-electron chi connectivity index (χ2n) is 16.9. The van der Waals surface area contributed by atoms with Crippen LogP contribution >= 0.6 is 0 Å². The molecule has 5 rings (SSSR count). The van der Waals surface area contributed by atoms with Crippen LogP contribution in [0.3, 0.4) is 0 Å². The van der Waals surface area contributed by atoms with Crippen molar-refractivity contribution in [3.8, 4) is 0 Å². The van der Waals surface area contributed by atoms with Gasteiger partial charge in [-0.25, -0.2) is 0 Å². The van der Waals surface area contributed by atoms with Crippen LogP contribution in [-0.4, -0.2) is 31.3 Å². The van der Waals surface area contributed by atoms with Gasteiger partial charge in [-0.1, -0.05) is 55.4 Å². The fourth-order valence-corrected chi connectivity index (χ4v) is 12.2. The Morgan fingerprint density at radius 1 is 0.825 bits per heavy atom. The van der Waals surface area contributed by atoms with Crippen LogP contribution in [0.1, 0.15) is 126 Å². The lowest BCUT2D eigenvalue weighted by Crippen LogP contribution is -2.68. The Morgan fingerprint density at radius 3 is 2.15 bits per heavy atom. The fraction of sp³-hybridized carbons (Fsp3) is 0.914. The van der Waals surface area contributed by atoms with Crippen molar-refractivity contribution in [1.82, 2.24) is 5.32 Å². The molecule has 0 heterocycles. The number of fused-ring (bicyclic) bond motifs is 7. The summed E-state index contributed by atoms with van der Waals surface area (Å²) in [5.41, 5.74) is -0.401. The minimum Gasteiger partial charge on any atom is -0.469 e. The quantitative estimate of drug-likeness (QED) is 0.290. The molecular weight excluding hydrogens is 498 g/mol. The van der Waals surface area contributed by atoms with Gasteiger partial charge in [0, 0.05) is 12.0 Å². The summed E-state index contributed by atoms with van der Waals surface area (Å²) in [4.78, 5) is 40.7. The highest BCUT2D eigenvalue weighted by Gasteiger charge is 2.72. The van der Waals surface area contributed by atoms with E-state index in [0.717, 1.165) is 64.2 Å². The van der Waals surface area contributed by atoms with E-state index in [2.05, 4.69) is 60.7 Å². The summed E-state index contributed by atoms with van der Waals surface area (Å²) < 4.78 is 5.54. The number of hydrogen-bond donors (Lipinski definition) is 1. The average molecular weight is 556 g/mol. The van der Waals surface area contributed by atoms with Crippen molar-refractivity contribution in [3.63, 3.8) is 0 Å². The highest BCUT2D eigenvalue weighted by Crippen LogP contribution is 2.77. The number of carbonyl (C=O) groups is 3. The third-order valence-corrected chi connectivity index (χ3v) is 14.4. The molecule has 0 spiro atoms. The van der Waals surface area contributed by atoms with Crippen LogP contribution in [0.5, 0.6) is 0 Å². The Balaban J connectivity index is 1.53. The molecule has 5 aliphatic rings. The van der Waals surface area contributed by atoms with Crippen LogP contribution in [-0.2, 0) is 19.1 Å². The zero-order valence-electron chi connectivity index (χ0n) is 27.0. The molecule has 226 valence electrons. The molecule has 1 N–H and O–H groups in total. The molecule has 0 aromatic rings. The van der Waals surface area contributed by atoms with Gasteiger partial charge in [0.1, 0.15) is 0 Å². The molecule has 0 radical (unpaired) electrons. The Bertz CT molecular complexity index is 1060. The summed E-state index contributed by atoms with van der Waals surface area (Å²) in [5.74, 6) is 1.21. The molecule has 9 atom stereocenters. The first-order valence-electron chi connectivity index (χ1n) is 16.4. The van der Waals surface area contributed by atoms with Crippen LogP contribution < -0.4 is 5.32 Å². The zero-order chi connectivity index (χ0) is 29.5. The van der Waals surface area contributed by atoms with Gasteiger partial charge in [-0.15, -0.1) is 0 Å². The summed E-state index contributed by atoms with van der Waals surface area (Å²) in [6, 6.07) is 0. The van der Waals surface area contributed by atoms with E-state index in [-0.39, 0.29) is 44.7 Å². The molecule has 0 aliphatic heterocycles. The van der Waals surface area contributed by atoms with Gasteiger partial charge in [-0.2, -0.15) is 0 Å². The van der Waals surface area contributed by atoms with Crippen LogP contribution in [0.25, 0.3) is 0 Å². The summed E-state index contributed by atoms with van der Waals surface area (Å²) in [7, 11) is 1.58. The maximum absolute atomic E-state index is 13.8. The Hall–Kier alpha value is -1.39. The molecule has 0 bridgehead atoms. The van der Waals surface area contributed by atoms with E-state index >= 15 is 0 Å². The number of esters is 1. The number of ketones is 1. The number of methoxy groups -OCH3 is 1. The third-order valence-electron chi connectivity index (χ3n) is 14.4. The normalized spacial score (nSPS) is 47.1. The predicted molar refractivity (Wildman–Crippen MR) is 158 cm³/mol. The van der Waals surface area contributed by atoms with E-state index in [4.69, 9.17) is 4.74 Å². The van der Waals surface area contributed by atoms with Crippen molar-refractivity contribution < 1.29 is 19.1 Å². The highest BCUT2D eigenvalue weighted by molar-refractivity contribution is 6.04. The minimum atomic E-state index is -0.548. The van der Waals surface area contributed by atoms with Gasteiger partial charge in [-0.05, 0) is 116 Å². The first-order valence-corrected chi connectivity index (χ1v) is 16.4. The van der Waals surface area contributed by atoms with Gasteiger partial charge in [0.2, 0.25) is 5.91 Å². The van der Waals surface area contributed by atoms with Gasteiger partial charge in [-0.3, -0.25) is 14.4 Å². The lowest BCUT2D eigenvalue weighted by atomic mass is 9.31. The first kappa shape index (κ1) is 30.1. The summed E-state index contributed by atoms with van der Waals surface area (Å²) in [6.07, 6.45) is 11.2. The number of rotatable bonds is 4. The molecule has 0 saturated heterocycles. The Morgan fingerprint density at radius 2 is 1.50 bits per heavy atom. The summed E-state index contributed by atoms with van der Waals surface area (Å²) >= 11 is 0. The van der Waals surface area contributed by atoms with Gasteiger partial charge in [0.25, 0.3) is 0 Å². The third kappa shape index (κ3) is 3.94. The van der Waals surface area contributed by atoms with Crippen LogP contribution in [0.15, 0.2) is 0 Å². The molecule has 1 amide bonds. The molecule has 5 nitrogen and oxygen atoms in total. The van der Waals surface area contributed by atoms with Gasteiger partial charge in [0.15, 0.2) is 5.78 Å². The second-order valence-corrected chi connectivity index (χ2v) is 16.9. The van der Waals surface area contributed by atoms with Crippen molar-refractivity contribution in [1.29, 1.82) is 0 Å². The van der Waals surface area contributed by atoms with E-state index in [1.165, 1.54) is 0 Å². The van der Waals surface area contributed by atoms with E-state index in [0.29, 0.717) is 36.6 Å². The van der Waals surface area contributed by atoms with E-state index in [9.17, 15) is 14.4 Å². The maximum atomic E-state index is 13.8. The number of hydrogen-bond acceptors (Lipinski definition) is 4. The maximum Gasteiger partial charge on any atom is 0.312 e. The molecule has 0 aromatic heterocycles. The van der Waals surface area contributed by atoms with Crippen molar-refractivity contribution in [2.45, 2.75) is 126 Å². The van der Waals surface area contributed by atoms with E-state index in [1.54, 1.807) is 7.11 Å². The van der Waals surface area contributed by atoms with Crippen LogP contribution in [0.2, 0.25) is 0 Å².